The van der Waals surface area contributed by atoms with Crippen LogP contribution in [0.2, 0.25) is 0 Å². The average Bonchev–Trinajstić information content (AvgIpc) is 2.61. The molecule has 120 valence electrons. The lowest BCUT2D eigenvalue weighted by Crippen LogP contribution is -2.49. The van der Waals surface area contributed by atoms with E-state index in [9.17, 15) is 9.59 Å². The van der Waals surface area contributed by atoms with E-state index in [2.05, 4.69) is 4.98 Å². The SMILES string of the molecule is COC(=O)C1CCCCN1C(=O)Cc1cnc2ccccc2c1. The lowest BCUT2D eigenvalue weighted by Gasteiger charge is -2.33. The number of nitrogens with zero attached hydrogens (tertiary/aromatic N) is 2. The summed E-state index contributed by atoms with van der Waals surface area (Å²) in [6, 6.07) is 9.35. The number of amides is 1. The number of ether oxygens (including phenoxy) is 1. The molecule has 1 aliphatic rings. The number of hydrogen-bond acceptors (Lipinski definition) is 4. The zero-order chi connectivity index (χ0) is 16.2. The minimum Gasteiger partial charge on any atom is -0.467 e. The molecule has 23 heavy (non-hydrogen) atoms. The second-order valence-corrected chi connectivity index (χ2v) is 5.83. The summed E-state index contributed by atoms with van der Waals surface area (Å²) in [5.41, 5.74) is 1.77. The molecule has 0 N–H and O–H groups in total. The Morgan fingerprint density at radius 3 is 2.96 bits per heavy atom. The molecular formula is C18H20N2O3. The third-order valence-electron chi connectivity index (χ3n) is 4.30. The van der Waals surface area contributed by atoms with Gasteiger partial charge in [-0.3, -0.25) is 9.78 Å². The van der Waals surface area contributed by atoms with E-state index < -0.39 is 6.04 Å². The van der Waals surface area contributed by atoms with Crippen molar-refractivity contribution in [1.29, 1.82) is 0 Å². The van der Waals surface area contributed by atoms with E-state index in [1.807, 2.05) is 30.3 Å². The number of methoxy groups -OCH3 is 1. The zero-order valence-electron chi connectivity index (χ0n) is 13.2. The second kappa shape index (κ2) is 6.77. The van der Waals surface area contributed by atoms with Gasteiger partial charge in [-0.25, -0.2) is 4.79 Å². The Balaban J connectivity index is 1.77. The van der Waals surface area contributed by atoms with E-state index in [1.54, 1.807) is 11.1 Å². The van der Waals surface area contributed by atoms with Gasteiger partial charge in [-0.15, -0.1) is 0 Å². The van der Waals surface area contributed by atoms with Crippen LogP contribution < -0.4 is 0 Å². The third-order valence-corrected chi connectivity index (χ3v) is 4.30. The molecule has 3 rings (SSSR count). The normalized spacial score (nSPS) is 18.0. The molecule has 1 atom stereocenters. The first-order chi connectivity index (χ1) is 11.2. The number of piperidine rings is 1. The zero-order valence-corrected chi connectivity index (χ0v) is 13.2. The summed E-state index contributed by atoms with van der Waals surface area (Å²) in [4.78, 5) is 30.5. The number of fused-ring (bicyclic) bond motifs is 1. The van der Waals surface area contributed by atoms with Crippen LogP contribution in [0.3, 0.4) is 0 Å². The molecule has 5 heteroatoms. The monoisotopic (exact) mass is 312 g/mol. The number of aromatic nitrogens is 1. The number of benzene rings is 1. The van der Waals surface area contributed by atoms with Crippen LogP contribution in [0.5, 0.6) is 0 Å². The molecule has 1 fully saturated rings. The number of carbonyl (C=O) groups excluding carboxylic acids is 2. The highest BCUT2D eigenvalue weighted by atomic mass is 16.5. The molecule has 1 aliphatic heterocycles. The molecule has 0 aliphatic carbocycles. The molecule has 1 aromatic carbocycles. The number of para-hydroxylation sites is 1. The first-order valence-corrected chi connectivity index (χ1v) is 7.90. The Morgan fingerprint density at radius 1 is 1.30 bits per heavy atom. The molecule has 2 aromatic rings. The lowest BCUT2D eigenvalue weighted by atomic mass is 10.0. The number of likely N-dealkylation sites (tertiary alicyclic amines) is 1. The molecule has 0 saturated carbocycles. The maximum absolute atomic E-state index is 12.6. The number of hydrogen-bond donors (Lipinski definition) is 0. The molecule has 0 spiro atoms. The van der Waals surface area contributed by atoms with Crippen LogP contribution in [0.25, 0.3) is 10.9 Å². The molecule has 5 nitrogen and oxygen atoms in total. The van der Waals surface area contributed by atoms with E-state index in [4.69, 9.17) is 4.74 Å². The Bertz CT molecular complexity index is 729. The number of esters is 1. The van der Waals surface area contributed by atoms with E-state index in [-0.39, 0.29) is 18.3 Å². The van der Waals surface area contributed by atoms with Gasteiger partial charge in [-0.05, 0) is 37.0 Å². The molecular weight excluding hydrogens is 292 g/mol. The van der Waals surface area contributed by atoms with Gasteiger partial charge in [0.05, 0.1) is 19.0 Å². The van der Waals surface area contributed by atoms with Crippen molar-refractivity contribution in [3.05, 3.63) is 42.1 Å². The van der Waals surface area contributed by atoms with Crippen molar-refractivity contribution in [3.8, 4) is 0 Å². The standard InChI is InChI=1S/C18H20N2O3/c1-23-18(22)16-8-4-5-9-20(16)17(21)11-13-10-14-6-2-3-7-15(14)19-12-13/h2-3,6-7,10,12,16H,4-5,8-9,11H2,1H3. The molecule has 0 radical (unpaired) electrons. The Hall–Kier alpha value is -2.43. The van der Waals surface area contributed by atoms with Gasteiger partial charge in [0.15, 0.2) is 0 Å². The van der Waals surface area contributed by atoms with Gasteiger partial charge in [0.1, 0.15) is 6.04 Å². The van der Waals surface area contributed by atoms with Gasteiger partial charge in [-0.1, -0.05) is 18.2 Å². The largest absolute Gasteiger partial charge is 0.467 e. The maximum atomic E-state index is 12.6. The summed E-state index contributed by atoms with van der Waals surface area (Å²) in [7, 11) is 1.37. The van der Waals surface area contributed by atoms with Crippen LogP contribution in [0.4, 0.5) is 0 Å². The van der Waals surface area contributed by atoms with Gasteiger partial charge in [-0.2, -0.15) is 0 Å². The van der Waals surface area contributed by atoms with Crippen molar-refractivity contribution in [2.75, 3.05) is 13.7 Å². The first-order valence-electron chi connectivity index (χ1n) is 7.90. The third kappa shape index (κ3) is 3.33. The minimum absolute atomic E-state index is 0.0443. The summed E-state index contributed by atoms with van der Waals surface area (Å²) in [6.45, 7) is 0.611. The molecule has 1 saturated heterocycles. The predicted octanol–water partition coefficient (Wildman–Crippen LogP) is 2.33. The molecule has 1 unspecified atom stereocenters. The fourth-order valence-corrected chi connectivity index (χ4v) is 3.10. The summed E-state index contributed by atoms with van der Waals surface area (Å²) in [5, 5.41) is 1.01. The van der Waals surface area contributed by atoms with Crippen LogP contribution in [0.15, 0.2) is 36.5 Å². The summed E-state index contributed by atoms with van der Waals surface area (Å²) < 4.78 is 4.83. The Labute approximate surface area is 135 Å². The average molecular weight is 312 g/mol. The van der Waals surface area contributed by atoms with Gasteiger partial charge < -0.3 is 9.64 Å². The number of rotatable bonds is 3. The van der Waals surface area contributed by atoms with Crippen molar-refractivity contribution < 1.29 is 14.3 Å². The molecule has 1 aromatic heterocycles. The van der Waals surface area contributed by atoms with Gasteiger partial charge in [0.2, 0.25) is 5.91 Å². The minimum atomic E-state index is -0.449. The number of carbonyl (C=O) groups is 2. The van der Waals surface area contributed by atoms with Crippen LogP contribution in [-0.2, 0) is 20.7 Å². The van der Waals surface area contributed by atoms with Gasteiger partial charge in [0.25, 0.3) is 0 Å². The van der Waals surface area contributed by atoms with Crippen LogP contribution >= 0.6 is 0 Å². The smallest absolute Gasteiger partial charge is 0.328 e. The highest BCUT2D eigenvalue weighted by Crippen LogP contribution is 2.20. The van der Waals surface area contributed by atoms with Crippen LogP contribution in [0, 0.1) is 0 Å². The van der Waals surface area contributed by atoms with Crippen molar-refractivity contribution >= 4 is 22.8 Å². The van der Waals surface area contributed by atoms with E-state index in [1.165, 1.54) is 7.11 Å². The molecule has 1 amide bonds. The van der Waals surface area contributed by atoms with Gasteiger partial charge >= 0.3 is 5.97 Å². The number of pyridine rings is 1. The fraction of sp³-hybridized carbons (Fsp3) is 0.389. The van der Waals surface area contributed by atoms with E-state index in [0.29, 0.717) is 13.0 Å². The van der Waals surface area contributed by atoms with E-state index in [0.717, 1.165) is 29.3 Å². The molecule has 2 heterocycles. The molecule has 0 bridgehead atoms. The Kier molecular flexibility index (Phi) is 4.55. The van der Waals surface area contributed by atoms with Crippen molar-refractivity contribution in [1.82, 2.24) is 9.88 Å². The van der Waals surface area contributed by atoms with Crippen molar-refractivity contribution in [2.24, 2.45) is 0 Å². The summed E-state index contributed by atoms with van der Waals surface area (Å²) in [6.07, 6.45) is 4.54. The lowest BCUT2D eigenvalue weighted by molar-refractivity contribution is -0.154. The summed E-state index contributed by atoms with van der Waals surface area (Å²) >= 11 is 0. The topological polar surface area (TPSA) is 59.5 Å². The first kappa shape index (κ1) is 15.5. The van der Waals surface area contributed by atoms with Gasteiger partial charge in [0, 0.05) is 18.1 Å². The van der Waals surface area contributed by atoms with E-state index >= 15 is 0 Å². The summed E-state index contributed by atoms with van der Waals surface area (Å²) in [5.74, 6) is -0.369. The predicted molar refractivity (Wildman–Crippen MR) is 86.8 cm³/mol. The second-order valence-electron chi connectivity index (χ2n) is 5.83. The van der Waals surface area contributed by atoms with Crippen LogP contribution in [0.1, 0.15) is 24.8 Å². The van der Waals surface area contributed by atoms with Crippen molar-refractivity contribution in [3.63, 3.8) is 0 Å². The highest BCUT2D eigenvalue weighted by molar-refractivity contribution is 5.87. The van der Waals surface area contributed by atoms with Crippen molar-refractivity contribution in [2.45, 2.75) is 31.7 Å². The quantitative estimate of drug-likeness (QED) is 0.816. The van der Waals surface area contributed by atoms with Crippen LogP contribution in [-0.4, -0.2) is 41.5 Å². The fourth-order valence-electron chi connectivity index (χ4n) is 3.10. The Morgan fingerprint density at radius 2 is 2.13 bits per heavy atom. The maximum Gasteiger partial charge on any atom is 0.328 e. The highest BCUT2D eigenvalue weighted by Gasteiger charge is 2.32.